The standard InChI is InChI=1S/C20H23N5O/c1-16(12-13-17-8-4-2-5-9-17)22-20(26)19(25-15-21-23-24-25)14-18-10-6-3-7-11-18/h2-11,15-16,19H,12-14H2,1H3,(H,22,26)/t16-,19+/m0/s1. The van der Waals surface area contributed by atoms with Crippen LogP contribution in [0.5, 0.6) is 0 Å². The van der Waals surface area contributed by atoms with Gasteiger partial charge in [-0.05, 0) is 41.3 Å². The number of amides is 1. The van der Waals surface area contributed by atoms with E-state index in [1.165, 1.54) is 16.6 Å². The van der Waals surface area contributed by atoms with Gasteiger partial charge >= 0.3 is 0 Å². The molecule has 0 bridgehead atoms. The van der Waals surface area contributed by atoms with Crippen LogP contribution in [0.1, 0.15) is 30.5 Å². The third-order valence-corrected chi connectivity index (χ3v) is 4.36. The van der Waals surface area contributed by atoms with Gasteiger partial charge < -0.3 is 5.32 Å². The molecule has 0 spiro atoms. The van der Waals surface area contributed by atoms with E-state index in [2.05, 4.69) is 33.0 Å². The molecule has 0 aliphatic rings. The molecule has 1 aromatic heterocycles. The summed E-state index contributed by atoms with van der Waals surface area (Å²) in [6, 6.07) is 19.8. The molecular weight excluding hydrogens is 326 g/mol. The second kappa shape index (κ2) is 8.89. The predicted octanol–water partition coefficient (Wildman–Crippen LogP) is 2.59. The van der Waals surface area contributed by atoms with Crippen LogP contribution in [-0.4, -0.2) is 32.2 Å². The molecule has 3 rings (SSSR count). The first-order valence-corrected chi connectivity index (χ1v) is 8.83. The Morgan fingerprint density at radius 3 is 2.31 bits per heavy atom. The van der Waals surface area contributed by atoms with E-state index in [1.54, 1.807) is 0 Å². The van der Waals surface area contributed by atoms with Gasteiger partial charge in [-0.15, -0.1) is 5.10 Å². The number of hydrogen-bond acceptors (Lipinski definition) is 4. The summed E-state index contributed by atoms with van der Waals surface area (Å²) in [5.74, 6) is -0.0679. The quantitative estimate of drug-likeness (QED) is 0.678. The number of carbonyl (C=O) groups excluding carboxylic acids is 1. The summed E-state index contributed by atoms with van der Waals surface area (Å²) < 4.78 is 1.52. The van der Waals surface area contributed by atoms with Crippen molar-refractivity contribution < 1.29 is 4.79 Å². The molecule has 6 heteroatoms. The van der Waals surface area contributed by atoms with Crippen molar-refractivity contribution in [1.82, 2.24) is 25.5 Å². The Hall–Kier alpha value is -3.02. The summed E-state index contributed by atoms with van der Waals surface area (Å²) in [6.07, 6.45) is 3.84. The van der Waals surface area contributed by atoms with E-state index in [0.29, 0.717) is 6.42 Å². The number of carbonyl (C=O) groups is 1. The summed E-state index contributed by atoms with van der Waals surface area (Å²) >= 11 is 0. The van der Waals surface area contributed by atoms with Gasteiger partial charge in [0.1, 0.15) is 12.4 Å². The lowest BCUT2D eigenvalue weighted by atomic mass is 10.0. The Kier molecular flexibility index (Phi) is 6.09. The molecule has 2 atom stereocenters. The summed E-state index contributed by atoms with van der Waals surface area (Å²) in [4.78, 5) is 12.8. The number of tetrazole rings is 1. The highest BCUT2D eigenvalue weighted by Crippen LogP contribution is 2.14. The van der Waals surface area contributed by atoms with Crippen molar-refractivity contribution in [2.24, 2.45) is 0 Å². The molecule has 0 aliphatic carbocycles. The fourth-order valence-corrected chi connectivity index (χ4v) is 2.89. The first kappa shape index (κ1) is 17.8. The Morgan fingerprint density at radius 2 is 1.69 bits per heavy atom. The lowest BCUT2D eigenvalue weighted by Crippen LogP contribution is -2.39. The molecule has 26 heavy (non-hydrogen) atoms. The zero-order valence-corrected chi connectivity index (χ0v) is 14.8. The Balaban J connectivity index is 1.61. The van der Waals surface area contributed by atoms with Gasteiger partial charge in [-0.1, -0.05) is 60.7 Å². The normalized spacial score (nSPS) is 13.1. The van der Waals surface area contributed by atoms with Crippen LogP contribution in [0.15, 0.2) is 67.0 Å². The van der Waals surface area contributed by atoms with Crippen LogP contribution in [-0.2, 0) is 17.6 Å². The number of nitrogens with one attached hydrogen (secondary N) is 1. The molecule has 1 N–H and O–H groups in total. The van der Waals surface area contributed by atoms with Gasteiger partial charge in [0.15, 0.2) is 0 Å². The van der Waals surface area contributed by atoms with Crippen molar-refractivity contribution in [3.05, 3.63) is 78.1 Å². The van der Waals surface area contributed by atoms with Crippen LogP contribution in [0, 0.1) is 0 Å². The molecule has 0 saturated heterocycles. The Labute approximate surface area is 153 Å². The van der Waals surface area contributed by atoms with E-state index in [1.807, 2.05) is 55.5 Å². The van der Waals surface area contributed by atoms with E-state index < -0.39 is 6.04 Å². The maximum atomic E-state index is 12.8. The monoisotopic (exact) mass is 349 g/mol. The minimum absolute atomic E-state index is 0.0671. The molecule has 6 nitrogen and oxygen atoms in total. The molecule has 2 aromatic carbocycles. The van der Waals surface area contributed by atoms with Crippen molar-refractivity contribution in [2.75, 3.05) is 0 Å². The van der Waals surface area contributed by atoms with Crippen LogP contribution < -0.4 is 5.32 Å². The Bertz CT molecular complexity index is 790. The first-order valence-electron chi connectivity index (χ1n) is 8.83. The van der Waals surface area contributed by atoms with Crippen LogP contribution in [0.2, 0.25) is 0 Å². The number of nitrogens with zero attached hydrogens (tertiary/aromatic N) is 4. The highest BCUT2D eigenvalue weighted by atomic mass is 16.2. The third-order valence-electron chi connectivity index (χ3n) is 4.36. The molecule has 134 valence electrons. The van der Waals surface area contributed by atoms with Gasteiger partial charge in [-0.2, -0.15) is 0 Å². The number of aromatic nitrogens is 4. The summed E-state index contributed by atoms with van der Waals surface area (Å²) in [5.41, 5.74) is 2.34. The lowest BCUT2D eigenvalue weighted by molar-refractivity contribution is -0.125. The maximum absolute atomic E-state index is 12.8. The van der Waals surface area contributed by atoms with Crippen molar-refractivity contribution in [2.45, 2.75) is 38.3 Å². The van der Waals surface area contributed by atoms with Gasteiger partial charge in [0.05, 0.1) is 0 Å². The minimum atomic E-state index is -0.466. The molecule has 0 unspecified atom stereocenters. The van der Waals surface area contributed by atoms with Gasteiger partial charge in [0, 0.05) is 12.5 Å². The van der Waals surface area contributed by atoms with Crippen molar-refractivity contribution in [3.63, 3.8) is 0 Å². The second-order valence-corrected chi connectivity index (χ2v) is 6.43. The first-order chi connectivity index (χ1) is 12.7. The van der Waals surface area contributed by atoms with E-state index in [9.17, 15) is 4.79 Å². The number of rotatable bonds is 8. The third kappa shape index (κ3) is 4.99. The van der Waals surface area contributed by atoms with Crippen LogP contribution in [0.3, 0.4) is 0 Å². The summed E-state index contributed by atoms with van der Waals surface area (Å²) in [7, 11) is 0. The molecule has 0 fully saturated rings. The van der Waals surface area contributed by atoms with Crippen molar-refractivity contribution in [3.8, 4) is 0 Å². The van der Waals surface area contributed by atoms with Crippen molar-refractivity contribution >= 4 is 5.91 Å². The van der Waals surface area contributed by atoms with Gasteiger partial charge in [0.2, 0.25) is 5.91 Å². The zero-order valence-electron chi connectivity index (χ0n) is 14.8. The highest BCUT2D eigenvalue weighted by Gasteiger charge is 2.23. The summed E-state index contributed by atoms with van der Waals surface area (Å²) in [5, 5.41) is 14.4. The number of hydrogen-bond donors (Lipinski definition) is 1. The summed E-state index contributed by atoms with van der Waals surface area (Å²) in [6.45, 7) is 2.03. The largest absolute Gasteiger partial charge is 0.352 e. The average Bonchev–Trinajstić information content (AvgIpc) is 3.20. The molecule has 1 heterocycles. The zero-order chi connectivity index (χ0) is 18.2. The molecule has 0 radical (unpaired) electrons. The second-order valence-electron chi connectivity index (χ2n) is 6.43. The minimum Gasteiger partial charge on any atom is -0.352 e. The SMILES string of the molecule is C[C@@H](CCc1ccccc1)NC(=O)[C@@H](Cc1ccccc1)n1cnnn1. The average molecular weight is 349 g/mol. The van der Waals surface area contributed by atoms with Crippen LogP contribution in [0.25, 0.3) is 0 Å². The van der Waals surface area contributed by atoms with Gasteiger partial charge in [0.25, 0.3) is 0 Å². The topological polar surface area (TPSA) is 72.7 Å². The van der Waals surface area contributed by atoms with Gasteiger partial charge in [-0.3, -0.25) is 4.79 Å². The smallest absolute Gasteiger partial charge is 0.245 e. The predicted molar refractivity (Wildman–Crippen MR) is 99.4 cm³/mol. The number of benzene rings is 2. The molecule has 0 aliphatic heterocycles. The molecule has 1 amide bonds. The van der Waals surface area contributed by atoms with Crippen molar-refractivity contribution in [1.29, 1.82) is 0 Å². The number of aryl methyl sites for hydroxylation is 1. The maximum Gasteiger partial charge on any atom is 0.245 e. The van der Waals surface area contributed by atoms with E-state index >= 15 is 0 Å². The fraction of sp³-hybridized carbons (Fsp3) is 0.300. The Morgan fingerprint density at radius 1 is 1.04 bits per heavy atom. The fourth-order valence-electron chi connectivity index (χ4n) is 2.89. The highest BCUT2D eigenvalue weighted by molar-refractivity contribution is 5.80. The lowest BCUT2D eigenvalue weighted by Gasteiger charge is -2.20. The van der Waals surface area contributed by atoms with Crippen LogP contribution in [0.4, 0.5) is 0 Å². The van der Waals surface area contributed by atoms with Gasteiger partial charge in [-0.25, -0.2) is 4.68 Å². The van der Waals surface area contributed by atoms with E-state index in [4.69, 9.17) is 0 Å². The van der Waals surface area contributed by atoms with Crippen LogP contribution >= 0.6 is 0 Å². The van der Waals surface area contributed by atoms with E-state index in [0.717, 1.165) is 18.4 Å². The molecule has 0 saturated carbocycles. The van der Waals surface area contributed by atoms with E-state index in [-0.39, 0.29) is 11.9 Å². The molecule has 3 aromatic rings. The molecular formula is C20H23N5O.